The number of hydrogen-bond acceptors (Lipinski definition) is 0. The Hall–Kier alpha value is -2.80. The third kappa shape index (κ3) is 3.23. The molecule has 1 heterocycles. The van der Waals surface area contributed by atoms with Gasteiger partial charge in [0.25, 0.3) is 0 Å². The molecule has 25 heavy (non-hydrogen) atoms. The molecule has 0 fully saturated rings. The third-order valence-electron chi connectivity index (χ3n) is 5.05. The topological polar surface area (TPSA) is 4.93 Å². The summed E-state index contributed by atoms with van der Waals surface area (Å²) in [6.45, 7) is 3.22. The number of aromatic nitrogens is 1. The lowest BCUT2D eigenvalue weighted by Crippen LogP contribution is -2.06. The molecule has 0 bridgehead atoms. The molecule has 124 valence electrons. The molecule has 0 aliphatic carbocycles. The molecule has 0 saturated heterocycles. The summed E-state index contributed by atoms with van der Waals surface area (Å²) in [6.07, 6.45) is 3.32. The molecule has 4 aromatic rings. The molecule has 1 nitrogen and oxygen atoms in total. The molecule has 0 radical (unpaired) electrons. The minimum Gasteiger partial charge on any atom is -0.347 e. The number of fused-ring (bicyclic) bond motifs is 1. The van der Waals surface area contributed by atoms with Crippen molar-refractivity contribution >= 4 is 10.9 Å². The van der Waals surface area contributed by atoms with Gasteiger partial charge < -0.3 is 4.57 Å². The Morgan fingerprint density at radius 2 is 1.36 bits per heavy atom. The van der Waals surface area contributed by atoms with E-state index in [-0.39, 0.29) is 0 Å². The van der Waals surface area contributed by atoms with Crippen LogP contribution in [0.15, 0.2) is 91.1 Å². The second-order valence-corrected chi connectivity index (χ2v) is 6.68. The maximum absolute atomic E-state index is 2.41. The van der Waals surface area contributed by atoms with Gasteiger partial charge in [-0.1, -0.05) is 78.9 Å². The highest BCUT2D eigenvalue weighted by Gasteiger charge is 2.14. The Morgan fingerprint density at radius 1 is 0.720 bits per heavy atom. The van der Waals surface area contributed by atoms with Crippen molar-refractivity contribution in [1.82, 2.24) is 4.57 Å². The van der Waals surface area contributed by atoms with E-state index in [1.807, 2.05) is 0 Å². The third-order valence-corrected chi connectivity index (χ3v) is 5.05. The number of nitrogens with zero attached hydrogens (tertiary/aromatic N) is 1. The predicted octanol–water partition coefficient (Wildman–Crippen LogP) is 6.17. The van der Waals surface area contributed by atoms with Crippen molar-refractivity contribution in [2.45, 2.75) is 25.8 Å². The zero-order chi connectivity index (χ0) is 17.1. The average Bonchev–Trinajstić information content (AvgIpc) is 3.08. The van der Waals surface area contributed by atoms with Crippen molar-refractivity contribution in [3.63, 3.8) is 0 Å². The van der Waals surface area contributed by atoms with E-state index in [2.05, 4.69) is 103 Å². The SMILES string of the molecule is Cc1cccc2ccn(CCC(c3ccccc3)c3ccccc3)c12. The van der Waals surface area contributed by atoms with Gasteiger partial charge in [0.05, 0.1) is 5.52 Å². The summed E-state index contributed by atoms with van der Waals surface area (Å²) in [7, 11) is 0. The molecule has 0 aliphatic heterocycles. The molecule has 0 unspecified atom stereocenters. The summed E-state index contributed by atoms with van der Waals surface area (Å²) in [5.74, 6) is 0.420. The highest BCUT2D eigenvalue weighted by Crippen LogP contribution is 2.29. The van der Waals surface area contributed by atoms with Crippen molar-refractivity contribution in [3.8, 4) is 0 Å². The maximum Gasteiger partial charge on any atom is 0.0509 e. The van der Waals surface area contributed by atoms with Crippen LogP contribution in [0.1, 0.15) is 29.0 Å². The van der Waals surface area contributed by atoms with Gasteiger partial charge in [0.1, 0.15) is 0 Å². The van der Waals surface area contributed by atoms with Gasteiger partial charge in [0.2, 0.25) is 0 Å². The minimum atomic E-state index is 0.420. The highest BCUT2D eigenvalue weighted by atomic mass is 15.0. The largest absolute Gasteiger partial charge is 0.347 e. The summed E-state index contributed by atoms with van der Waals surface area (Å²) in [4.78, 5) is 0. The van der Waals surface area contributed by atoms with E-state index in [4.69, 9.17) is 0 Å². The summed E-state index contributed by atoms with van der Waals surface area (Å²) in [5.41, 5.74) is 5.49. The van der Waals surface area contributed by atoms with Crippen LogP contribution >= 0.6 is 0 Å². The summed E-state index contributed by atoms with van der Waals surface area (Å²) < 4.78 is 2.41. The first-order valence-corrected chi connectivity index (χ1v) is 8.97. The van der Waals surface area contributed by atoms with Crippen LogP contribution in [0.2, 0.25) is 0 Å². The van der Waals surface area contributed by atoms with E-state index in [1.54, 1.807) is 0 Å². The van der Waals surface area contributed by atoms with E-state index in [1.165, 1.54) is 27.6 Å². The molecule has 3 aromatic carbocycles. The first kappa shape index (κ1) is 15.7. The fraction of sp³-hybridized carbons (Fsp3) is 0.167. The van der Waals surface area contributed by atoms with Crippen molar-refractivity contribution < 1.29 is 0 Å². The predicted molar refractivity (Wildman–Crippen MR) is 106 cm³/mol. The summed E-state index contributed by atoms with van der Waals surface area (Å²) in [6, 6.07) is 30.5. The van der Waals surface area contributed by atoms with Crippen LogP contribution in [-0.4, -0.2) is 4.57 Å². The molecule has 0 saturated carbocycles. The zero-order valence-electron chi connectivity index (χ0n) is 14.6. The number of rotatable bonds is 5. The van der Waals surface area contributed by atoms with Crippen molar-refractivity contribution in [1.29, 1.82) is 0 Å². The van der Waals surface area contributed by atoms with Crippen LogP contribution in [-0.2, 0) is 6.54 Å². The van der Waals surface area contributed by atoms with Crippen LogP contribution in [0.5, 0.6) is 0 Å². The second-order valence-electron chi connectivity index (χ2n) is 6.68. The van der Waals surface area contributed by atoms with Gasteiger partial charge >= 0.3 is 0 Å². The molecule has 0 spiro atoms. The molecule has 0 N–H and O–H groups in total. The van der Waals surface area contributed by atoms with E-state index in [9.17, 15) is 0 Å². The van der Waals surface area contributed by atoms with Gasteiger partial charge in [-0.2, -0.15) is 0 Å². The van der Waals surface area contributed by atoms with Gasteiger partial charge in [0.15, 0.2) is 0 Å². The lowest BCUT2D eigenvalue weighted by molar-refractivity contribution is 0.609. The number of benzene rings is 3. The lowest BCUT2D eigenvalue weighted by Gasteiger charge is -2.19. The minimum absolute atomic E-state index is 0.420. The van der Waals surface area contributed by atoms with E-state index >= 15 is 0 Å². The zero-order valence-corrected chi connectivity index (χ0v) is 14.6. The molecule has 1 heteroatoms. The number of hydrogen-bond donors (Lipinski definition) is 0. The maximum atomic E-state index is 2.41. The second kappa shape index (κ2) is 6.98. The van der Waals surface area contributed by atoms with Crippen LogP contribution in [0.3, 0.4) is 0 Å². The molecule has 0 amide bonds. The standard InChI is InChI=1S/C24H23N/c1-19-9-8-14-22-15-17-25(24(19)22)18-16-23(20-10-4-2-5-11-20)21-12-6-3-7-13-21/h2-15,17,23H,16,18H2,1H3. The van der Waals surface area contributed by atoms with Gasteiger partial charge in [0, 0.05) is 18.7 Å². The van der Waals surface area contributed by atoms with Crippen LogP contribution < -0.4 is 0 Å². The Balaban J connectivity index is 1.65. The van der Waals surface area contributed by atoms with Crippen LogP contribution in [0, 0.1) is 6.92 Å². The van der Waals surface area contributed by atoms with Crippen molar-refractivity contribution in [3.05, 3.63) is 108 Å². The summed E-state index contributed by atoms with van der Waals surface area (Å²) in [5, 5.41) is 1.33. The van der Waals surface area contributed by atoms with E-state index in [0.717, 1.165) is 13.0 Å². The van der Waals surface area contributed by atoms with Crippen molar-refractivity contribution in [2.75, 3.05) is 0 Å². The molecular weight excluding hydrogens is 302 g/mol. The smallest absolute Gasteiger partial charge is 0.0509 e. The van der Waals surface area contributed by atoms with Gasteiger partial charge in [-0.3, -0.25) is 0 Å². The molecule has 4 rings (SSSR count). The normalized spacial score (nSPS) is 11.3. The fourth-order valence-electron chi connectivity index (χ4n) is 3.80. The van der Waals surface area contributed by atoms with Crippen LogP contribution in [0.4, 0.5) is 0 Å². The van der Waals surface area contributed by atoms with Gasteiger partial charge in [-0.15, -0.1) is 0 Å². The molecule has 1 aromatic heterocycles. The quantitative estimate of drug-likeness (QED) is 0.413. The number of aryl methyl sites for hydroxylation is 2. The fourth-order valence-corrected chi connectivity index (χ4v) is 3.80. The first-order valence-electron chi connectivity index (χ1n) is 8.97. The number of para-hydroxylation sites is 1. The van der Waals surface area contributed by atoms with Crippen LogP contribution in [0.25, 0.3) is 10.9 Å². The van der Waals surface area contributed by atoms with Gasteiger partial charge in [-0.25, -0.2) is 0 Å². The monoisotopic (exact) mass is 325 g/mol. The highest BCUT2D eigenvalue weighted by molar-refractivity contribution is 5.83. The molecule has 0 atom stereocenters. The summed E-state index contributed by atoms with van der Waals surface area (Å²) >= 11 is 0. The molecule has 0 aliphatic rings. The Labute approximate surface area is 149 Å². The van der Waals surface area contributed by atoms with E-state index in [0.29, 0.717) is 5.92 Å². The Kier molecular flexibility index (Phi) is 4.39. The van der Waals surface area contributed by atoms with Crippen molar-refractivity contribution in [2.24, 2.45) is 0 Å². The molecular formula is C24H23N. The lowest BCUT2D eigenvalue weighted by atomic mass is 9.88. The Morgan fingerprint density at radius 3 is 2.00 bits per heavy atom. The first-order chi connectivity index (χ1) is 12.3. The average molecular weight is 325 g/mol. The van der Waals surface area contributed by atoms with Gasteiger partial charge in [-0.05, 0) is 41.5 Å². The van der Waals surface area contributed by atoms with E-state index < -0.39 is 0 Å². The Bertz CT molecular complexity index is 912.